The van der Waals surface area contributed by atoms with E-state index in [1.807, 2.05) is 36.7 Å². The van der Waals surface area contributed by atoms with E-state index < -0.39 is 5.91 Å². The van der Waals surface area contributed by atoms with Gasteiger partial charge >= 0.3 is 0 Å². The number of ether oxygens (including phenoxy) is 2. The van der Waals surface area contributed by atoms with E-state index in [1.165, 1.54) is 0 Å². The fraction of sp³-hybridized carbons (Fsp3) is 0.464. The Morgan fingerprint density at radius 1 is 0.950 bits per heavy atom. The highest BCUT2D eigenvalue weighted by Gasteiger charge is 2.21. The molecule has 0 aromatic carbocycles. The van der Waals surface area contributed by atoms with E-state index in [0.29, 0.717) is 18.3 Å². The molecule has 0 saturated heterocycles. The number of nitrogens with zero attached hydrogens (tertiary/aromatic N) is 5. The predicted molar refractivity (Wildman–Crippen MR) is 157 cm³/mol. The summed E-state index contributed by atoms with van der Waals surface area (Å²) in [5.41, 5.74) is 13.9. The number of anilines is 2. The monoisotopic (exact) mass is 570 g/mol. The Morgan fingerprint density at radius 3 is 2.00 bits per heavy atom. The Hall–Kier alpha value is -3.70. The number of halogens is 1. The molecule has 0 aliphatic rings. The summed E-state index contributed by atoms with van der Waals surface area (Å²) in [6.07, 6.45) is 9.05. The number of hydrogen-bond acceptors (Lipinski definition) is 10. The Morgan fingerprint density at radius 2 is 1.52 bits per heavy atom. The number of rotatable bonds is 16. The molecule has 3 heterocycles. The molecule has 5 N–H and O–H groups in total. The SMILES string of the molecule is CCCC(CN(CCCc1ccc(OC)nc1)CCCc1ccc(OC)nc1)NC(=O)c1nc(Cl)c(N)nc1N. The number of methoxy groups -OCH3 is 2. The lowest BCUT2D eigenvalue weighted by molar-refractivity contribution is 0.0916. The number of carbonyl (C=O) groups is 1. The molecule has 0 fully saturated rings. The highest BCUT2D eigenvalue weighted by atomic mass is 35.5. The number of hydrogen-bond donors (Lipinski definition) is 3. The first kappa shape index (κ1) is 30.8. The largest absolute Gasteiger partial charge is 0.481 e. The molecule has 0 saturated carbocycles. The van der Waals surface area contributed by atoms with Crippen molar-refractivity contribution in [1.29, 1.82) is 0 Å². The minimum Gasteiger partial charge on any atom is -0.481 e. The second-order valence-corrected chi connectivity index (χ2v) is 9.88. The Bertz CT molecular complexity index is 1160. The second kappa shape index (κ2) is 15.8. The van der Waals surface area contributed by atoms with Crippen molar-refractivity contribution in [2.24, 2.45) is 0 Å². The summed E-state index contributed by atoms with van der Waals surface area (Å²) in [6.45, 7) is 4.49. The summed E-state index contributed by atoms with van der Waals surface area (Å²) in [5.74, 6) is 0.728. The van der Waals surface area contributed by atoms with Crippen LogP contribution in [0.5, 0.6) is 11.8 Å². The van der Waals surface area contributed by atoms with E-state index in [-0.39, 0.29) is 28.5 Å². The van der Waals surface area contributed by atoms with Crippen molar-refractivity contribution in [1.82, 2.24) is 30.2 Å². The van der Waals surface area contributed by atoms with Crippen LogP contribution in [0.15, 0.2) is 36.7 Å². The number of aromatic nitrogens is 4. The van der Waals surface area contributed by atoms with Crippen LogP contribution >= 0.6 is 11.6 Å². The molecule has 3 aromatic rings. The van der Waals surface area contributed by atoms with Gasteiger partial charge in [-0.15, -0.1) is 0 Å². The molecule has 216 valence electrons. The predicted octanol–water partition coefficient (Wildman–Crippen LogP) is 3.57. The zero-order valence-electron chi connectivity index (χ0n) is 23.4. The van der Waals surface area contributed by atoms with E-state index in [9.17, 15) is 4.79 Å². The molecule has 1 atom stereocenters. The lowest BCUT2D eigenvalue weighted by Gasteiger charge is -2.28. The zero-order valence-corrected chi connectivity index (χ0v) is 24.2. The normalized spacial score (nSPS) is 11.8. The molecule has 1 unspecified atom stereocenters. The van der Waals surface area contributed by atoms with Crippen molar-refractivity contribution in [3.8, 4) is 11.8 Å². The van der Waals surface area contributed by atoms with E-state index in [4.69, 9.17) is 32.5 Å². The quantitative estimate of drug-likeness (QED) is 0.233. The fourth-order valence-electron chi connectivity index (χ4n) is 4.40. The van der Waals surface area contributed by atoms with Crippen LogP contribution in [0.2, 0.25) is 5.15 Å². The van der Waals surface area contributed by atoms with Crippen molar-refractivity contribution >= 4 is 29.1 Å². The zero-order chi connectivity index (χ0) is 28.9. The molecular weight excluding hydrogens is 532 g/mol. The molecule has 0 bridgehead atoms. The molecule has 0 aliphatic heterocycles. The van der Waals surface area contributed by atoms with Crippen molar-refractivity contribution in [2.45, 2.75) is 51.5 Å². The summed E-state index contributed by atoms with van der Waals surface area (Å²) < 4.78 is 10.3. The molecule has 3 rings (SSSR count). The number of aryl methyl sites for hydroxylation is 2. The first-order valence-corrected chi connectivity index (χ1v) is 13.8. The van der Waals surface area contributed by atoms with Crippen LogP contribution in [0.3, 0.4) is 0 Å². The number of carbonyl (C=O) groups excluding carboxylic acids is 1. The molecule has 1 amide bonds. The number of nitrogens with two attached hydrogens (primary N) is 2. The lowest BCUT2D eigenvalue weighted by atomic mass is 10.1. The highest BCUT2D eigenvalue weighted by Crippen LogP contribution is 2.18. The van der Waals surface area contributed by atoms with Gasteiger partial charge in [0.25, 0.3) is 5.91 Å². The van der Waals surface area contributed by atoms with Crippen LogP contribution in [-0.4, -0.2) is 70.6 Å². The third-order valence-corrected chi connectivity index (χ3v) is 6.74. The minimum absolute atomic E-state index is 0.00822. The van der Waals surface area contributed by atoms with Gasteiger partial charge in [-0.25, -0.2) is 19.9 Å². The topological polar surface area (TPSA) is 154 Å². The summed E-state index contributed by atoms with van der Waals surface area (Å²) in [6, 6.07) is 7.72. The van der Waals surface area contributed by atoms with Gasteiger partial charge in [-0.3, -0.25) is 4.79 Å². The molecule has 11 nitrogen and oxygen atoms in total. The molecule has 0 radical (unpaired) electrons. The molecular formula is C28H39ClN8O3. The van der Waals surface area contributed by atoms with Crippen molar-refractivity contribution < 1.29 is 14.3 Å². The summed E-state index contributed by atoms with van der Waals surface area (Å²) in [7, 11) is 3.21. The van der Waals surface area contributed by atoms with Crippen LogP contribution in [0.1, 0.15) is 54.2 Å². The van der Waals surface area contributed by atoms with Crippen molar-refractivity contribution in [2.75, 3.05) is 45.3 Å². The van der Waals surface area contributed by atoms with Gasteiger partial charge in [0, 0.05) is 37.1 Å². The van der Waals surface area contributed by atoms with Crippen LogP contribution in [0, 0.1) is 0 Å². The molecule has 0 spiro atoms. The third kappa shape index (κ3) is 9.49. The Balaban J connectivity index is 1.65. The van der Waals surface area contributed by atoms with Crippen molar-refractivity contribution in [3.63, 3.8) is 0 Å². The number of amides is 1. The van der Waals surface area contributed by atoms with Gasteiger partial charge in [0.2, 0.25) is 11.8 Å². The van der Waals surface area contributed by atoms with Gasteiger partial charge in [0.05, 0.1) is 14.2 Å². The number of nitrogen functional groups attached to an aromatic ring is 2. The van der Waals surface area contributed by atoms with Gasteiger partial charge in [-0.1, -0.05) is 37.1 Å². The van der Waals surface area contributed by atoms with E-state index >= 15 is 0 Å². The van der Waals surface area contributed by atoms with Gasteiger partial charge < -0.3 is 31.2 Å². The van der Waals surface area contributed by atoms with Gasteiger partial charge in [0.15, 0.2) is 22.5 Å². The molecule has 0 aliphatic carbocycles. The number of nitrogens with one attached hydrogen (secondary N) is 1. The first-order chi connectivity index (χ1) is 19.3. The summed E-state index contributed by atoms with van der Waals surface area (Å²) >= 11 is 6.00. The molecule has 12 heteroatoms. The highest BCUT2D eigenvalue weighted by molar-refractivity contribution is 6.31. The minimum atomic E-state index is -0.418. The summed E-state index contributed by atoms with van der Waals surface area (Å²) in [4.78, 5) is 32.0. The Labute approximate surface area is 240 Å². The van der Waals surface area contributed by atoms with Crippen LogP contribution in [0.25, 0.3) is 0 Å². The third-order valence-electron chi connectivity index (χ3n) is 6.46. The first-order valence-electron chi connectivity index (χ1n) is 13.4. The maximum absolute atomic E-state index is 13.1. The second-order valence-electron chi connectivity index (χ2n) is 9.52. The smallest absolute Gasteiger partial charge is 0.274 e. The van der Waals surface area contributed by atoms with Crippen LogP contribution in [-0.2, 0) is 12.8 Å². The van der Waals surface area contributed by atoms with Gasteiger partial charge in [0.1, 0.15) is 0 Å². The fourth-order valence-corrected chi connectivity index (χ4v) is 4.53. The van der Waals surface area contributed by atoms with Crippen LogP contribution < -0.4 is 26.3 Å². The molecule has 40 heavy (non-hydrogen) atoms. The lowest BCUT2D eigenvalue weighted by Crippen LogP contribution is -2.45. The Kier molecular flexibility index (Phi) is 12.2. The molecule has 3 aromatic heterocycles. The maximum Gasteiger partial charge on any atom is 0.274 e. The van der Waals surface area contributed by atoms with E-state index in [1.54, 1.807) is 14.2 Å². The summed E-state index contributed by atoms with van der Waals surface area (Å²) in [5, 5.41) is 3.04. The average Bonchev–Trinajstić information content (AvgIpc) is 2.95. The maximum atomic E-state index is 13.1. The standard InChI is InChI=1S/C28H39ClN8O3/c1-4-7-21(34-28(38)24-26(30)36-27(31)25(29)35-24)18-37(14-5-8-19-10-12-22(39-2)32-16-19)15-6-9-20-11-13-23(40-3)33-17-20/h10-13,16-17,21H,4-9,14-15,18H2,1-3H3,(H,34,38)(H4,30,31,36). The number of pyridine rings is 2. The van der Waals surface area contributed by atoms with Crippen molar-refractivity contribution in [3.05, 3.63) is 58.6 Å². The van der Waals surface area contributed by atoms with Crippen LogP contribution in [0.4, 0.5) is 11.6 Å². The average molecular weight is 571 g/mol. The van der Waals surface area contributed by atoms with Gasteiger partial charge in [-0.2, -0.15) is 0 Å². The van der Waals surface area contributed by atoms with Gasteiger partial charge in [-0.05, 0) is 56.3 Å². The van der Waals surface area contributed by atoms with E-state index in [2.05, 4.69) is 37.1 Å². The van der Waals surface area contributed by atoms with E-state index in [0.717, 1.165) is 62.7 Å².